The maximum atomic E-state index is 9.27. The van der Waals surface area contributed by atoms with Crippen molar-refractivity contribution in [3.05, 3.63) is 48.1 Å². The zero-order chi connectivity index (χ0) is 11.8. The van der Waals surface area contributed by atoms with E-state index in [0.717, 1.165) is 12.8 Å². The molecule has 84 valence electrons. The van der Waals surface area contributed by atoms with Crippen molar-refractivity contribution in [3.63, 3.8) is 0 Å². The van der Waals surface area contributed by atoms with Gasteiger partial charge in [0.15, 0.2) is 0 Å². The highest BCUT2D eigenvalue weighted by Gasteiger charge is 2.25. The highest BCUT2D eigenvalue weighted by molar-refractivity contribution is 5.70. The average Bonchev–Trinajstić information content (AvgIpc) is 2.15. The van der Waals surface area contributed by atoms with Crippen LogP contribution < -0.4 is 0 Å². The lowest BCUT2D eigenvalue weighted by atomic mass is 9.74. The fourth-order valence-electron chi connectivity index (χ4n) is 2.40. The molecule has 0 amide bonds. The van der Waals surface area contributed by atoms with Crippen molar-refractivity contribution < 1.29 is 5.11 Å². The maximum Gasteiger partial charge on any atom is 0.115 e. The second-order valence-corrected chi connectivity index (χ2v) is 5.39. The summed E-state index contributed by atoms with van der Waals surface area (Å²) in [6, 6.07) is 7.41. The van der Waals surface area contributed by atoms with Gasteiger partial charge in [0.25, 0.3) is 0 Å². The summed E-state index contributed by atoms with van der Waals surface area (Å²) in [4.78, 5) is 0. The molecule has 16 heavy (non-hydrogen) atoms. The van der Waals surface area contributed by atoms with Gasteiger partial charge in [-0.25, -0.2) is 0 Å². The average molecular weight is 214 g/mol. The molecule has 0 unspecified atom stereocenters. The van der Waals surface area contributed by atoms with Crippen LogP contribution in [0.3, 0.4) is 0 Å². The Hall–Kier alpha value is -1.50. The van der Waals surface area contributed by atoms with Crippen molar-refractivity contribution in [2.24, 2.45) is 5.41 Å². The van der Waals surface area contributed by atoms with Crippen LogP contribution in [-0.2, 0) is 0 Å². The van der Waals surface area contributed by atoms with Gasteiger partial charge in [0.1, 0.15) is 5.75 Å². The van der Waals surface area contributed by atoms with Gasteiger partial charge in [-0.15, -0.1) is 0 Å². The van der Waals surface area contributed by atoms with E-state index in [2.05, 4.69) is 26.5 Å². The first-order valence-electron chi connectivity index (χ1n) is 5.64. The molecule has 0 radical (unpaired) electrons. The van der Waals surface area contributed by atoms with E-state index >= 15 is 0 Å². The molecule has 0 heterocycles. The third kappa shape index (κ3) is 2.35. The van der Waals surface area contributed by atoms with E-state index in [-0.39, 0.29) is 0 Å². The largest absolute Gasteiger partial charge is 0.508 e. The number of aromatic hydroxyl groups is 1. The van der Waals surface area contributed by atoms with Gasteiger partial charge in [0.05, 0.1) is 0 Å². The third-order valence-electron chi connectivity index (χ3n) is 2.99. The topological polar surface area (TPSA) is 20.2 Å². The first kappa shape index (κ1) is 11.0. The van der Waals surface area contributed by atoms with E-state index < -0.39 is 0 Å². The Kier molecular flexibility index (Phi) is 2.63. The number of phenols is 1. The lowest BCUT2D eigenvalue weighted by Gasteiger charge is -2.31. The van der Waals surface area contributed by atoms with Crippen molar-refractivity contribution in [2.75, 3.05) is 0 Å². The molecule has 1 nitrogen and oxygen atoms in total. The van der Waals surface area contributed by atoms with Crippen LogP contribution in [0, 0.1) is 5.41 Å². The van der Waals surface area contributed by atoms with E-state index in [1.165, 1.54) is 16.7 Å². The lowest BCUT2D eigenvalue weighted by molar-refractivity contribution is 0.370. The number of hydrogen-bond donors (Lipinski definition) is 1. The van der Waals surface area contributed by atoms with E-state index in [9.17, 15) is 5.11 Å². The minimum absolute atomic E-state index is 0.291. The Bertz CT molecular complexity index is 435. The van der Waals surface area contributed by atoms with Crippen LogP contribution in [0.4, 0.5) is 0 Å². The van der Waals surface area contributed by atoms with E-state index in [4.69, 9.17) is 0 Å². The van der Waals surface area contributed by atoms with Gasteiger partial charge in [-0.3, -0.25) is 0 Å². The van der Waals surface area contributed by atoms with Crippen molar-refractivity contribution >= 4 is 5.57 Å². The summed E-state index contributed by atoms with van der Waals surface area (Å²) in [6.45, 7) is 8.62. The van der Waals surface area contributed by atoms with Gasteiger partial charge in [-0.1, -0.05) is 44.2 Å². The number of allylic oxidation sites excluding steroid dienone is 3. The number of rotatable bonds is 1. The number of hydrogen-bond acceptors (Lipinski definition) is 1. The molecular formula is C15H18O. The van der Waals surface area contributed by atoms with Crippen LogP contribution in [0.2, 0.25) is 0 Å². The Morgan fingerprint density at radius 2 is 1.75 bits per heavy atom. The van der Waals surface area contributed by atoms with Crippen LogP contribution in [0.15, 0.2) is 42.5 Å². The van der Waals surface area contributed by atoms with E-state index in [0.29, 0.717) is 11.2 Å². The third-order valence-corrected chi connectivity index (χ3v) is 2.99. The number of benzene rings is 1. The smallest absolute Gasteiger partial charge is 0.115 e. The predicted molar refractivity (Wildman–Crippen MR) is 68.2 cm³/mol. The minimum Gasteiger partial charge on any atom is -0.508 e. The van der Waals surface area contributed by atoms with Crippen LogP contribution >= 0.6 is 0 Å². The summed E-state index contributed by atoms with van der Waals surface area (Å²) in [5.41, 5.74) is 3.99. The van der Waals surface area contributed by atoms with E-state index in [1.54, 1.807) is 12.1 Å². The first-order chi connectivity index (χ1) is 7.46. The summed E-state index contributed by atoms with van der Waals surface area (Å²) >= 11 is 0. The molecule has 0 saturated carbocycles. The predicted octanol–water partition coefficient (Wildman–Crippen LogP) is 4.15. The zero-order valence-electron chi connectivity index (χ0n) is 9.96. The number of phenolic OH excluding ortho intramolecular Hbond substituents is 1. The van der Waals surface area contributed by atoms with Crippen LogP contribution in [-0.4, -0.2) is 5.11 Å². The van der Waals surface area contributed by atoms with Gasteiger partial charge in [0, 0.05) is 0 Å². The molecule has 1 aromatic carbocycles. The Morgan fingerprint density at radius 1 is 1.12 bits per heavy atom. The Balaban J connectivity index is 2.34. The molecule has 1 heteroatoms. The van der Waals surface area contributed by atoms with Crippen molar-refractivity contribution in [2.45, 2.75) is 26.7 Å². The summed E-state index contributed by atoms with van der Waals surface area (Å²) in [5.74, 6) is 0.318. The molecule has 1 aromatic rings. The molecule has 1 aliphatic rings. The lowest BCUT2D eigenvalue weighted by Crippen LogP contribution is -2.16. The normalized spacial score (nSPS) is 19.4. The molecule has 1 aliphatic carbocycles. The maximum absolute atomic E-state index is 9.27. The monoisotopic (exact) mass is 214 g/mol. The van der Waals surface area contributed by atoms with Crippen LogP contribution in [0.5, 0.6) is 5.75 Å². The molecule has 2 rings (SSSR count). The Labute approximate surface area is 97.1 Å². The van der Waals surface area contributed by atoms with Crippen molar-refractivity contribution in [3.8, 4) is 5.75 Å². The fourth-order valence-corrected chi connectivity index (χ4v) is 2.40. The molecule has 0 spiro atoms. The summed E-state index contributed by atoms with van der Waals surface area (Å²) in [7, 11) is 0. The molecular weight excluding hydrogens is 196 g/mol. The molecule has 0 saturated heterocycles. The second-order valence-electron chi connectivity index (χ2n) is 5.39. The standard InChI is InChI=1S/C15H18O/c1-11-8-13(10-15(2,3)9-11)12-4-6-14(16)7-5-12/h4-8,16H,1,9-10H2,2-3H3. The summed E-state index contributed by atoms with van der Waals surface area (Å²) < 4.78 is 0. The van der Waals surface area contributed by atoms with E-state index in [1.807, 2.05) is 12.1 Å². The highest BCUT2D eigenvalue weighted by atomic mass is 16.3. The molecule has 1 N–H and O–H groups in total. The molecule has 0 atom stereocenters. The molecule has 0 aliphatic heterocycles. The zero-order valence-corrected chi connectivity index (χ0v) is 9.96. The summed E-state index contributed by atoms with van der Waals surface area (Å²) in [6.07, 6.45) is 4.31. The van der Waals surface area contributed by atoms with Gasteiger partial charge in [-0.2, -0.15) is 0 Å². The molecule has 0 bridgehead atoms. The van der Waals surface area contributed by atoms with Crippen LogP contribution in [0.1, 0.15) is 32.3 Å². The SMILES string of the molecule is C=C1C=C(c2ccc(O)cc2)CC(C)(C)C1. The van der Waals surface area contributed by atoms with Gasteiger partial charge in [-0.05, 0) is 41.5 Å². The molecule has 0 fully saturated rings. The fraction of sp³-hybridized carbons (Fsp3) is 0.333. The highest BCUT2D eigenvalue weighted by Crippen LogP contribution is 2.41. The quantitative estimate of drug-likeness (QED) is 0.744. The summed E-state index contributed by atoms with van der Waals surface area (Å²) in [5, 5.41) is 9.27. The molecule has 0 aromatic heterocycles. The van der Waals surface area contributed by atoms with Crippen molar-refractivity contribution in [1.82, 2.24) is 0 Å². The van der Waals surface area contributed by atoms with Gasteiger partial charge >= 0.3 is 0 Å². The minimum atomic E-state index is 0.291. The first-order valence-corrected chi connectivity index (χ1v) is 5.64. The Morgan fingerprint density at radius 3 is 2.31 bits per heavy atom. The second kappa shape index (κ2) is 3.82. The van der Waals surface area contributed by atoms with Crippen molar-refractivity contribution in [1.29, 1.82) is 0 Å². The van der Waals surface area contributed by atoms with Crippen LogP contribution in [0.25, 0.3) is 5.57 Å². The van der Waals surface area contributed by atoms with Gasteiger partial charge in [0.2, 0.25) is 0 Å². The van der Waals surface area contributed by atoms with Gasteiger partial charge < -0.3 is 5.11 Å².